The van der Waals surface area contributed by atoms with E-state index in [1.165, 1.54) is 18.5 Å². The Morgan fingerprint density at radius 1 is 1.56 bits per heavy atom. The van der Waals surface area contributed by atoms with Crippen LogP contribution >= 0.6 is 0 Å². The van der Waals surface area contributed by atoms with Crippen LogP contribution in [0, 0.1) is 18.3 Å². The first-order valence-corrected chi connectivity index (χ1v) is 6.32. The van der Waals surface area contributed by atoms with Gasteiger partial charge in [-0.2, -0.15) is 5.10 Å². The summed E-state index contributed by atoms with van der Waals surface area (Å²) < 4.78 is 2.12. The molecule has 0 radical (unpaired) electrons. The number of hydrogen-bond donors (Lipinski definition) is 1. The monoisotopic (exact) mass is 221 g/mol. The van der Waals surface area contributed by atoms with E-state index in [0.717, 1.165) is 31.1 Å². The molecule has 3 heteroatoms. The molecule has 0 saturated heterocycles. The quantitative estimate of drug-likeness (QED) is 0.827. The van der Waals surface area contributed by atoms with E-state index in [1.54, 1.807) is 0 Å². The molecule has 1 aromatic rings. The Labute approximate surface area is 98.0 Å². The minimum absolute atomic E-state index is 0.277. The summed E-state index contributed by atoms with van der Waals surface area (Å²) in [6.45, 7) is 8.27. The first-order chi connectivity index (χ1) is 7.59. The fraction of sp³-hybridized carbons (Fsp3) is 0.769. The number of aryl methyl sites for hydroxylation is 2. The SMILES string of the molecule is CCn1nc(C)cc1CC(C)(CN)C1CC1. The van der Waals surface area contributed by atoms with Gasteiger partial charge in [0.25, 0.3) is 0 Å². The third kappa shape index (κ3) is 2.14. The molecule has 3 nitrogen and oxygen atoms in total. The van der Waals surface area contributed by atoms with Crippen molar-refractivity contribution < 1.29 is 0 Å². The van der Waals surface area contributed by atoms with Crippen LogP contribution < -0.4 is 5.73 Å². The Hall–Kier alpha value is -0.830. The molecule has 0 amide bonds. The highest BCUT2D eigenvalue weighted by molar-refractivity contribution is 5.12. The Balaban J connectivity index is 2.17. The van der Waals surface area contributed by atoms with Gasteiger partial charge in [0.2, 0.25) is 0 Å². The van der Waals surface area contributed by atoms with Gasteiger partial charge in [-0.3, -0.25) is 4.68 Å². The first kappa shape index (κ1) is 11.6. The number of nitrogens with two attached hydrogens (primary N) is 1. The predicted octanol–water partition coefficient (Wildman–Crippen LogP) is 2.13. The van der Waals surface area contributed by atoms with Crippen molar-refractivity contribution in [2.45, 2.75) is 46.6 Å². The Kier molecular flexibility index (Phi) is 3.06. The van der Waals surface area contributed by atoms with E-state index in [2.05, 4.69) is 36.6 Å². The molecule has 0 bridgehead atoms. The van der Waals surface area contributed by atoms with Crippen LogP contribution in [-0.2, 0) is 13.0 Å². The second kappa shape index (κ2) is 4.21. The van der Waals surface area contributed by atoms with Crippen molar-refractivity contribution >= 4 is 0 Å². The molecular weight excluding hydrogens is 198 g/mol. The van der Waals surface area contributed by atoms with Crippen molar-refractivity contribution in [3.05, 3.63) is 17.5 Å². The summed E-state index contributed by atoms with van der Waals surface area (Å²) >= 11 is 0. The molecule has 1 aromatic heterocycles. The summed E-state index contributed by atoms with van der Waals surface area (Å²) in [6.07, 6.45) is 3.78. The van der Waals surface area contributed by atoms with Gasteiger partial charge in [-0.25, -0.2) is 0 Å². The fourth-order valence-corrected chi connectivity index (χ4v) is 2.59. The van der Waals surface area contributed by atoms with Crippen LogP contribution in [0.15, 0.2) is 6.07 Å². The first-order valence-electron chi connectivity index (χ1n) is 6.32. The normalized spacial score (nSPS) is 19.8. The van der Waals surface area contributed by atoms with Crippen molar-refractivity contribution in [2.24, 2.45) is 17.1 Å². The van der Waals surface area contributed by atoms with Crippen molar-refractivity contribution in [1.82, 2.24) is 9.78 Å². The minimum Gasteiger partial charge on any atom is -0.330 e. The van der Waals surface area contributed by atoms with Crippen molar-refractivity contribution in [3.63, 3.8) is 0 Å². The van der Waals surface area contributed by atoms with Crippen LogP contribution in [0.25, 0.3) is 0 Å². The van der Waals surface area contributed by atoms with Crippen molar-refractivity contribution in [1.29, 1.82) is 0 Å². The summed E-state index contributed by atoms with van der Waals surface area (Å²) in [5, 5.41) is 4.50. The lowest BCUT2D eigenvalue weighted by atomic mass is 9.80. The van der Waals surface area contributed by atoms with Gasteiger partial charge in [0.15, 0.2) is 0 Å². The number of nitrogens with zero attached hydrogens (tertiary/aromatic N) is 2. The van der Waals surface area contributed by atoms with Gasteiger partial charge in [0.05, 0.1) is 5.69 Å². The average molecular weight is 221 g/mol. The topological polar surface area (TPSA) is 43.8 Å². The summed E-state index contributed by atoms with van der Waals surface area (Å²) in [5.41, 5.74) is 8.71. The summed E-state index contributed by atoms with van der Waals surface area (Å²) in [7, 11) is 0. The molecule has 1 aliphatic rings. The van der Waals surface area contributed by atoms with E-state index in [9.17, 15) is 0 Å². The highest BCUT2D eigenvalue weighted by atomic mass is 15.3. The van der Waals surface area contributed by atoms with E-state index in [-0.39, 0.29) is 5.41 Å². The highest BCUT2D eigenvalue weighted by Crippen LogP contribution is 2.46. The lowest BCUT2D eigenvalue weighted by Gasteiger charge is -2.28. The second-order valence-electron chi connectivity index (χ2n) is 5.40. The molecule has 16 heavy (non-hydrogen) atoms. The third-order valence-corrected chi connectivity index (χ3v) is 3.90. The van der Waals surface area contributed by atoms with Crippen LogP contribution in [0.5, 0.6) is 0 Å². The van der Waals surface area contributed by atoms with E-state index in [1.807, 2.05) is 0 Å². The van der Waals surface area contributed by atoms with Gasteiger partial charge < -0.3 is 5.73 Å². The van der Waals surface area contributed by atoms with Crippen molar-refractivity contribution in [3.8, 4) is 0 Å². The van der Waals surface area contributed by atoms with Crippen molar-refractivity contribution in [2.75, 3.05) is 6.54 Å². The summed E-state index contributed by atoms with van der Waals surface area (Å²) in [5.74, 6) is 0.831. The molecule has 1 unspecified atom stereocenters. The molecule has 1 fully saturated rings. The molecule has 0 aromatic carbocycles. The molecular formula is C13H23N3. The molecule has 0 spiro atoms. The molecule has 1 saturated carbocycles. The maximum atomic E-state index is 5.96. The molecule has 2 rings (SSSR count). The largest absolute Gasteiger partial charge is 0.330 e. The van der Waals surface area contributed by atoms with Gasteiger partial charge in [-0.1, -0.05) is 6.92 Å². The maximum Gasteiger partial charge on any atom is 0.0596 e. The van der Waals surface area contributed by atoms with Gasteiger partial charge in [0.1, 0.15) is 0 Å². The zero-order valence-corrected chi connectivity index (χ0v) is 10.7. The summed E-state index contributed by atoms with van der Waals surface area (Å²) in [6, 6.07) is 2.21. The lowest BCUT2D eigenvalue weighted by Crippen LogP contribution is -2.32. The average Bonchev–Trinajstić information content (AvgIpc) is 3.05. The van der Waals surface area contributed by atoms with Crippen LogP contribution in [0.3, 0.4) is 0 Å². The highest BCUT2D eigenvalue weighted by Gasteiger charge is 2.40. The van der Waals surface area contributed by atoms with Gasteiger partial charge >= 0.3 is 0 Å². The standard InChI is InChI=1S/C13H23N3/c1-4-16-12(7-10(2)15-16)8-13(3,9-14)11-5-6-11/h7,11H,4-6,8-9,14H2,1-3H3. The second-order valence-corrected chi connectivity index (χ2v) is 5.40. The van der Waals surface area contributed by atoms with E-state index >= 15 is 0 Å². The Morgan fingerprint density at radius 2 is 2.25 bits per heavy atom. The van der Waals surface area contributed by atoms with E-state index in [0.29, 0.717) is 0 Å². The minimum atomic E-state index is 0.277. The van der Waals surface area contributed by atoms with Crippen LogP contribution in [-0.4, -0.2) is 16.3 Å². The van der Waals surface area contributed by atoms with Crippen LogP contribution in [0.2, 0.25) is 0 Å². The maximum absolute atomic E-state index is 5.96. The van der Waals surface area contributed by atoms with Gasteiger partial charge in [-0.15, -0.1) is 0 Å². The van der Waals surface area contributed by atoms with Gasteiger partial charge in [-0.05, 0) is 57.1 Å². The third-order valence-electron chi connectivity index (χ3n) is 3.90. The van der Waals surface area contributed by atoms with Gasteiger partial charge in [0, 0.05) is 12.2 Å². The Morgan fingerprint density at radius 3 is 2.75 bits per heavy atom. The smallest absolute Gasteiger partial charge is 0.0596 e. The molecule has 1 heterocycles. The number of hydrogen-bond acceptors (Lipinski definition) is 2. The zero-order valence-electron chi connectivity index (χ0n) is 10.7. The van der Waals surface area contributed by atoms with Crippen LogP contribution in [0.4, 0.5) is 0 Å². The zero-order chi connectivity index (χ0) is 11.8. The molecule has 90 valence electrons. The Bertz CT molecular complexity index is 365. The number of aromatic nitrogens is 2. The molecule has 2 N–H and O–H groups in total. The van der Waals surface area contributed by atoms with E-state index in [4.69, 9.17) is 5.73 Å². The lowest BCUT2D eigenvalue weighted by molar-refractivity contribution is 0.274. The molecule has 1 atom stereocenters. The summed E-state index contributed by atoms with van der Waals surface area (Å²) in [4.78, 5) is 0. The van der Waals surface area contributed by atoms with E-state index < -0.39 is 0 Å². The number of rotatable bonds is 5. The molecule has 0 aliphatic heterocycles. The fourth-order valence-electron chi connectivity index (χ4n) is 2.59. The molecule has 1 aliphatic carbocycles. The predicted molar refractivity (Wildman–Crippen MR) is 66.2 cm³/mol. The van der Waals surface area contributed by atoms with Crippen LogP contribution in [0.1, 0.15) is 38.1 Å².